The van der Waals surface area contributed by atoms with Gasteiger partial charge in [-0.2, -0.15) is 0 Å². The Kier molecular flexibility index (Phi) is 3.66. The third-order valence-electron chi connectivity index (χ3n) is 3.36. The van der Waals surface area contributed by atoms with Gasteiger partial charge in [0, 0.05) is 11.1 Å². The van der Waals surface area contributed by atoms with Gasteiger partial charge in [0.1, 0.15) is 0 Å². The molecule has 0 spiro atoms. The third kappa shape index (κ3) is 2.73. The largest absolute Gasteiger partial charge is 0.328 e. The van der Waals surface area contributed by atoms with Crippen molar-refractivity contribution in [3.05, 3.63) is 34.9 Å². The lowest BCUT2D eigenvalue weighted by molar-refractivity contribution is 0.568. The van der Waals surface area contributed by atoms with E-state index in [1.165, 1.54) is 31.2 Å². The molecule has 2 rings (SSSR count). The highest BCUT2D eigenvalue weighted by atomic mass is 35.5. The molecule has 1 nitrogen and oxygen atoms in total. The van der Waals surface area contributed by atoms with Gasteiger partial charge in [-0.1, -0.05) is 36.2 Å². The standard InChI is InChI=1S/C13H18ClN/c14-13-7-2-1-6-12(13)10-4-3-5-11(15)9-8-10/h1-2,6-7,10-11H,3-5,8-9,15H2. The van der Waals surface area contributed by atoms with Gasteiger partial charge in [0.25, 0.3) is 0 Å². The second kappa shape index (κ2) is 5.00. The summed E-state index contributed by atoms with van der Waals surface area (Å²) in [6.45, 7) is 0. The molecule has 0 bridgehead atoms. The molecule has 82 valence electrons. The molecule has 1 fully saturated rings. The molecule has 2 heteroatoms. The van der Waals surface area contributed by atoms with Gasteiger partial charge in [-0.25, -0.2) is 0 Å². The van der Waals surface area contributed by atoms with Gasteiger partial charge < -0.3 is 5.73 Å². The molecule has 1 aromatic rings. The van der Waals surface area contributed by atoms with Crippen molar-refractivity contribution in [2.45, 2.75) is 44.1 Å². The van der Waals surface area contributed by atoms with Crippen molar-refractivity contribution in [3.8, 4) is 0 Å². The molecule has 0 aromatic heterocycles. The topological polar surface area (TPSA) is 26.0 Å². The van der Waals surface area contributed by atoms with Gasteiger partial charge in [-0.3, -0.25) is 0 Å². The van der Waals surface area contributed by atoms with E-state index in [0.29, 0.717) is 12.0 Å². The number of hydrogen-bond acceptors (Lipinski definition) is 1. The van der Waals surface area contributed by atoms with E-state index in [2.05, 4.69) is 12.1 Å². The Morgan fingerprint density at radius 3 is 2.67 bits per heavy atom. The third-order valence-corrected chi connectivity index (χ3v) is 3.70. The predicted octanol–water partition coefficient (Wildman–Crippen LogP) is 3.72. The van der Waals surface area contributed by atoms with Crippen LogP contribution < -0.4 is 5.73 Å². The molecular formula is C13H18ClN. The van der Waals surface area contributed by atoms with E-state index in [1.807, 2.05) is 12.1 Å². The number of halogens is 1. The van der Waals surface area contributed by atoms with E-state index in [0.717, 1.165) is 11.4 Å². The van der Waals surface area contributed by atoms with Gasteiger partial charge in [0.05, 0.1) is 0 Å². The summed E-state index contributed by atoms with van der Waals surface area (Å²) in [5.41, 5.74) is 7.29. The first kappa shape index (κ1) is 11.0. The van der Waals surface area contributed by atoms with Crippen molar-refractivity contribution in [2.75, 3.05) is 0 Å². The van der Waals surface area contributed by atoms with Crippen molar-refractivity contribution in [1.29, 1.82) is 0 Å². The molecule has 2 N–H and O–H groups in total. The molecule has 15 heavy (non-hydrogen) atoms. The zero-order valence-corrected chi connectivity index (χ0v) is 9.71. The maximum absolute atomic E-state index is 6.22. The second-order valence-electron chi connectivity index (χ2n) is 4.49. The maximum Gasteiger partial charge on any atom is 0.0440 e. The highest BCUT2D eigenvalue weighted by molar-refractivity contribution is 6.31. The summed E-state index contributed by atoms with van der Waals surface area (Å²) in [7, 11) is 0. The van der Waals surface area contributed by atoms with E-state index in [9.17, 15) is 0 Å². The molecular weight excluding hydrogens is 206 g/mol. The van der Waals surface area contributed by atoms with Gasteiger partial charge in [0.2, 0.25) is 0 Å². The fourth-order valence-electron chi connectivity index (χ4n) is 2.45. The smallest absolute Gasteiger partial charge is 0.0440 e. The first-order valence-electron chi connectivity index (χ1n) is 5.77. The van der Waals surface area contributed by atoms with Crippen LogP contribution >= 0.6 is 11.6 Å². The van der Waals surface area contributed by atoms with E-state index < -0.39 is 0 Å². The first-order chi connectivity index (χ1) is 7.27. The van der Waals surface area contributed by atoms with Crippen LogP contribution in [0.15, 0.2) is 24.3 Å². The number of hydrogen-bond donors (Lipinski definition) is 1. The summed E-state index contributed by atoms with van der Waals surface area (Å²) in [6.07, 6.45) is 5.95. The van der Waals surface area contributed by atoms with Gasteiger partial charge in [-0.05, 0) is 43.2 Å². The molecule has 0 amide bonds. The predicted molar refractivity (Wildman–Crippen MR) is 65.3 cm³/mol. The lowest BCUT2D eigenvalue weighted by Gasteiger charge is -2.15. The summed E-state index contributed by atoms with van der Waals surface area (Å²) in [4.78, 5) is 0. The van der Waals surface area contributed by atoms with Crippen LogP contribution in [0.5, 0.6) is 0 Å². The minimum absolute atomic E-state index is 0.400. The van der Waals surface area contributed by atoms with Crippen LogP contribution in [0.1, 0.15) is 43.6 Å². The Balaban J connectivity index is 2.13. The van der Waals surface area contributed by atoms with Gasteiger partial charge in [-0.15, -0.1) is 0 Å². The lowest BCUT2D eigenvalue weighted by Crippen LogP contribution is -2.17. The normalized spacial score (nSPS) is 27.3. The van der Waals surface area contributed by atoms with Crippen LogP contribution in [0.25, 0.3) is 0 Å². The summed E-state index contributed by atoms with van der Waals surface area (Å²) in [5.74, 6) is 0.618. The van der Waals surface area contributed by atoms with E-state index in [1.54, 1.807) is 0 Å². The Hall–Kier alpha value is -0.530. The van der Waals surface area contributed by atoms with Crippen LogP contribution in [0.4, 0.5) is 0 Å². The average molecular weight is 224 g/mol. The van der Waals surface area contributed by atoms with Crippen LogP contribution in [0.2, 0.25) is 5.02 Å². The lowest BCUT2D eigenvalue weighted by atomic mass is 9.92. The highest BCUT2D eigenvalue weighted by Crippen LogP contribution is 2.34. The fourth-order valence-corrected chi connectivity index (χ4v) is 2.74. The van der Waals surface area contributed by atoms with Crippen molar-refractivity contribution in [3.63, 3.8) is 0 Å². The SMILES string of the molecule is NC1CCCC(c2ccccc2Cl)CC1. The minimum Gasteiger partial charge on any atom is -0.328 e. The zero-order chi connectivity index (χ0) is 10.7. The summed E-state index contributed by atoms with van der Waals surface area (Å²) in [5, 5.41) is 0.915. The molecule has 0 heterocycles. The number of nitrogens with two attached hydrogens (primary N) is 1. The van der Waals surface area contributed by atoms with Crippen molar-refractivity contribution >= 4 is 11.6 Å². The maximum atomic E-state index is 6.22. The molecule has 1 aliphatic carbocycles. The Bertz CT molecular complexity index is 324. The highest BCUT2D eigenvalue weighted by Gasteiger charge is 2.19. The van der Waals surface area contributed by atoms with E-state index in [4.69, 9.17) is 17.3 Å². The average Bonchev–Trinajstić information content (AvgIpc) is 2.44. The minimum atomic E-state index is 0.400. The summed E-state index contributed by atoms with van der Waals surface area (Å²) < 4.78 is 0. The van der Waals surface area contributed by atoms with Crippen LogP contribution in [-0.4, -0.2) is 6.04 Å². The summed E-state index contributed by atoms with van der Waals surface area (Å²) >= 11 is 6.22. The number of benzene rings is 1. The first-order valence-corrected chi connectivity index (χ1v) is 6.15. The second-order valence-corrected chi connectivity index (χ2v) is 4.89. The molecule has 2 atom stereocenters. The fraction of sp³-hybridized carbons (Fsp3) is 0.538. The van der Waals surface area contributed by atoms with Gasteiger partial charge in [0.15, 0.2) is 0 Å². The number of rotatable bonds is 1. The zero-order valence-electron chi connectivity index (χ0n) is 8.95. The molecule has 2 unspecified atom stereocenters. The Labute approximate surface area is 96.6 Å². The molecule has 1 aromatic carbocycles. The quantitative estimate of drug-likeness (QED) is 0.722. The van der Waals surface area contributed by atoms with Crippen LogP contribution in [0.3, 0.4) is 0 Å². The van der Waals surface area contributed by atoms with Crippen LogP contribution in [0, 0.1) is 0 Å². The molecule has 0 aliphatic heterocycles. The molecule has 1 saturated carbocycles. The van der Waals surface area contributed by atoms with Crippen molar-refractivity contribution in [1.82, 2.24) is 0 Å². The van der Waals surface area contributed by atoms with Crippen LogP contribution in [-0.2, 0) is 0 Å². The van der Waals surface area contributed by atoms with E-state index >= 15 is 0 Å². The molecule has 0 saturated heterocycles. The monoisotopic (exact) mass is 223 g/mol. The van der Waals surface area contributed by atoms with Gasteiger partial charge >= 0.3 is 0 Å². The summed E-state index contributed by atoms with van der Waals surface area (Å²) in [6, 6.07) is 8.61. The Morgan fingerprint density at radius 2 is 1.87 bits per heavy atom. The van der Waals surface area contributed by atoms with Crippen molar-refractivity contribution in [2.24, 2.45) is 5.73 Å². The molecule has 0 radical (unpaired) electrons. The Morgan fingerprint density at radius 1 is 1.07 bits per heavy atom. The van der Waals surface area contributed by atoms with Crippen molar-refractivity contribution < 1.29 is 0 Å². The van der Waals surface area contributed by atoms with E-state index in [-0.39, 0.29) is 0 Å². The molecule has 1 aliphatic rings.